The number of phosphoric ester groups is 1. The standard InChI is InChI=1S/C30H39N2O11P/c1-9-22-25(32-16-15-24(33)31-28(32)36)40-23(30(22,8)41-26(34)19(2)3)17-39-44(37,43-21-13-11-10-12-14-21)42-20(4)27(35)38-18-29(5,6)7/h1,10-16,19-20,22-23,25H,17-18H2,2-8H3,(H,31,33,36). The highest BCUT2D eigenvalue weighted by Crippen LogP contribution is 2.53. The van der Waals surface area contributed by atoms with Crippen LogP contribution in [0.3, 0.4) is 0 Å². The summed E-state index contributed by atoms with van der Waals surface area (Å²) in [5.41, 5.74) is -3.40. The van der Waals surface area contributed by atoms with Crippen LogP contribution in [0.2, 0.25) is 0 Å². The molecule has 1 saturated heterocycles. The maximum absolute atomic E-state index is 14.0. The van der Waals surface area contributed by atoms with Gasteiger partial charge in [0.2, 0.25) is 0 Å². The quantitative estimate of drug-likeness (QED) is 0.205. The number of aromatic amines is 1. The van der Waals surface area contributed by atoms with Crippen molar-refractivity contribution in [2.75, 3.05) is 13.2 Å². The number of carbonyl (C=O) groups excluding carboxylic acids is 2. The number of nitrogens with one attached hydrogen (secondary N) is 1. The zero-order valence-corrected chi connectivity index (χ0v) is 26.7. The molecule has 240 valence electrons. The molecule has 1 aromatic heterocycles. The van der Waals surface area contributed by atoms with Crippen LogP contribution in [0.15, 0.2) is 52.2 Å². The van der Waals surface area contributed by atoms with Crippen molar-refractivity contribution >= 4 is 19.8 Å². The normalized spacial score (nSPS) is 23.8. The molecule has 6 unspecified atom stereocenters. The fourth-order valence-corrected chi connectivity index (χ4v) is 5.45. The number of phosphoric acid groups is 1. The summed E-state index contributed by atoms with van der Waals surface area (Å²) in [6.45, 7) is 11.2. The summed E-state index contributed by atoms with van der Waals surface area (Å²) in [7, 11) is -4.60. The number of rotatable bonds is 12. The van der Waals surface area contributed by atoms with Crippen molar-refractivity contribution in [3.05, 3.63) is 63.4 Å². The first-order valence-corrected chi connectivity index (χ1v) is 15.4. The number of H-pyrrole nitrogens is 1. The first-order chi connectivity index (χ1) is 20.5. The van der Waals surface area contributed by atoms with E-state index in [0.29, 0.717) is 0 Å². The van der Waals surface area contributed by atoms with E-state index in [2.05, 4.69) is 10.9 Å². The molecule has 1 aromatic carbocycles. The number of esters is 2. The molecule has 44 heavy (non-hydrogen) atoms. The molecule has 13 nitrogen and oxygen atoms in total. The molecule has 2 heterocycles. The minimum absolute atomic E-state index is 0.0821. The molecule has 0 amide bonds. The zero-order valence-electron chi connectivity index (χ0n) is 25.8. The molecular formula is C30H39N2O11P. The number of hydrogen-bond acceptors (Lipinski definition) is 11. The molecule has 6 atom stereocenters. The Bertz CT molecular complexity index is 1520. The SMILES string of the molecule is C#CC1C(n2ccc(=O)[nH]c2=O)OC(COP(=O)(Oc2ccccc2)OC(C)C(=O)OCC(C)(C)C)C1(C)OC(=O)C(C)C. The van der Waals surface area contributed by atoms with Crippen LogP contribution in [0.5, 0.6) is 5.75 Å². The third-order valence-electron chi connectivity index (χ3n) is 6.55. The summed E-state index contributed by atoms with van der Waals surface area (Å²) >= 11 is 0. The van der Waals surface area contributed by atoms with Crippen LogP contribution in [0.25, 0.3) is 0 Å². The fourth-order valence-electron chi connectivity index (χ4n) is 4.12. The van der Waals surface area contributed by atoms with Crippen molar-refractivity contribution in [3.8, 4) is 18.1 Å². The second-order valence-corrected chi connectivity index (χ2v) is 13.5. The fraction of sp³-hybridized carbons (Fsp3) is 0.533. The van der Waals surface area contributed by atoms with E-state index in [9.17, 15) is 23.7 Å². The lowest BCUT2D eigenvalue weighted by Crippen LogP contribution is -2.48. The van der Waals surface area contributed by atoms with Crippen molar-refractivity contribution in [2.24, 2.45) is 17.3 Å². The van der Waals surface area contributed by atoms with E-state index in [1.54, 1.807) is 32.0 Å². The van der Waals surface area contributed by atoms with Gasteiger partial charge in [-0.15, -0.1) is 6.42 Å². The lowest BCUT2D eigenvalue weighted by molar-refractivity contribution is -0.172. The zero-order chi connectivity index (χ0) is 32.9. The van der Waals surface area contributed by atoms with Crippen LogP contribution < -0.4 is 15.8 Å². The number of terminal acetylenes is 1. The third-order valence-corrected chi connectivity index (χ3v) is 8.03. The summed E-state index contributed by atoms with van der Waals surface area (Å²) in [6, 6.07) is 9.10. The van der Waals surface area contributed by atoms with Gasteiger partial charge in [0.1, 0.15) is 17.8 Å². The maximum atomic E-state index is 14.0. The van der Waals surface area contributed by atoms with E-state index >= 15 is 0 Å². The van der Waals surface area contributed by atoms with E-state index in [0.717, 1.165) is 10.6 Å². The number of ether oxygens (including phenoxy) is 3. The molecule has 1 aliphatic rings. The number of aromatic nitrogens is 2. The Morgan fingerprint density at radius 1 is 1.14 bits per heavy atom. The first kappa shape index (κ1) is 34.8. The van der Waals surface area contributed by atoms with Gasteiger partial charge in [-0.25, -0.2) is 14.2 Å². The van der Waals surface area contributed by atoms with Gasteiger partial charge in [0, 0.05) is 12.3 Å². The summed E-state index contributed by atoms with van der Waals surface area (Å²) < 4.78 is 49.2. The van der Waals surface area contributed by atoms with Gasteiger partial charge in [0.15, 0.2) is 17.9 Å². The molecule has 3 rings (SSSR count). The predicted octanol–water partition coefficient (Wildman–Crippen LogP) is 3.84. The molecule has 1 N–H and O–H groups in total. The Morgan fingerprint density at radius 2 is 1.80 bits per heavy atom. The summed E-state index contributed by atoms with van der Waals surface area (Å²) in [4.78, 5) is 51.9. The van der Waals surface area contributed by atoms with Gasteiger partial charge in [-0.3, -0.25) is 28.2 Å². The van der Waals surface area contributed by atoms with Crippen LogP contribution in [-0.4, -0.2) is 52.5 Å². The summed E-state index contributed by atoms with van der Waals surface area (Å²) in [5.74, 6) is -0.392. The highest BCUT2D eigenvalue weighted by atomic mass is 31.2. The Kier molecular flexibility index (Phi) is 11.0. The number of nitrogens with zero attached hydrogens (tertiary/aromatic N) is 1. The minimum Gasteiger partial charge on any atom is -0.463 e. The lowest BCUT2D eigenvalue weighted by atomic mass is 9.86. The van der Waals surface area contributed by atoms with Crippen molar-refractivity contribution in [2.45, 2.75) is 72.5 Å². The van der Waals surface area contributed by atoms with Gasteiger partial charge >= 0.3 is 25.5 Å². The van der Waals surface area contributed by atoms with Crippen molar-refractivity contribution < 1.29 is 41.9 Å². The second-order valence-electron chi connectivity index (χ2n) is 12.0. The first-order valence-electron chi connectivity index (χ1n) is 14.0. The van der Waals surface area contributed by atoms with E-state index in [4.69, 9.17) is 34.2 Å². The number of hydrogen-bond donors (Lipinski definition) is 1. The molecule has 0 saturated carbocycles. The molecule has 1 aliphatic heterocycles. The largest absolute Gasteiger partial charge is 0.530 e. The highest BCUT2D eigenvalue weighted by Gasteiger charge is 2.58. The second kappa shape index (κ2) is 13.9. The average molecular weight is 635 g/mol. The summed E-state index contributed by atoms with van der Waals surface area (Å²) in [6.07, 6.45) is 3.25. The van der Waals surface area contributed by atoms with Crippen molar-refractivity contribution in [1.29, 1.82) is 0 Å². The molecule has 0 radical (unpaired) electrons. The minimum atomic E-state index is -4.60. The van der Waals surface area contributed by atoms with Gasteiger partial charge in [0.05, 0.1) is 19.1 Å². The van der Waals surface area contributed by atoms with Crippen LogP contribution >= 0.6 is 7.82 Å². The third kappa shape index (κ3) is 8.70. The molecular weight excluding hydrogens is 595 g/mol. The molecule has 2 aromatic rings. The Balaban J connectivity index is 1.95. The van der Waals surface area contributed by atoms with E-state index < -0.39 is 73.5 Å². The monoisotopic (exact) mass is 634 g/mol. The van der Waals surface area contributed by atoms with Crippen LogP contribution in [0.1, 0.15) is 54.7 Å². The van der Waals surface area contributed by atoms with E-state index in [1.165, 1.54) is 32.2 Å². The van der Waals surface area contributed by atoms with E-state index in [1.807, 2.05) is 20.8 Å². The van der Waals surface area contributed by atoms with Crippen LogP contribution in [-0.2, 0) is 37.4 Å². The maximum Gasteiger partial charge on any atom is 0.530 e. The Hall–Kier alpha value is -3.69. The van der Waals surface area contributed by atoms with Gasteiger partial charge in [0.25, 0.3) is 5.56 Å². The summed E-state index contributed by atoms with van der Waals surface area (Å²) in [5, 5.41) is 0. The molecule has 0 spiro atoms. The Labute approximate surface area is 255 Å². The molecule has 0 aliphatic carbocycles. The smallest absolute Gasteiger partial charge is 0.463 e. The topological polar surface area (TPSA) is 161 Å². The predicted molar refractivity (Wildman–Crippen MR) is 158 cm³/mol. The average Bonchev–Trinajstić information content (AvgIpc) is 3.20. The van der Waals surface area contributed by atoms with E-state index in [-0.39, 0.29) is 17.8 Å². The highest BCUT2D eigenvalue weighted by molar-refractivity contribution is 7.49. The van der Waals surface area contributed by atoms with Crippen molar-refractivity contribution in [1.82, 2.24) is 9.55 Å². The van der Waals surface area contributed by atoms with Crippen molar-refractivity contribution in [3.63, 3.8) is 0 Å². The lowest BCUT2D eigenvalue weighted by Gasteiger charge is -2.33. The number of carbonyl (C=O) groups is 2. The molecule has 0 bridgehead atoms. The Morgan fingerprint density at radius 3 is 2.36 bits per heavy atom. The molecule has 14 heteroatoms. The number of benzene rings is 1. The van der Waals surface area contributed by atoms with Gasteiger partial charge in [-0.1, -0.05) is 58.7 Å². The number of para-hydroxylation sites is 1. The van der Waals surface area contributed by atoms with Gasteiger partial charge in [-0.05, 0) is 31.4 Å². The van der Waals surface area contributed by atoms with Gasteiger partial charge < -0.3 is 18.7 Å². The van der Waals surface area contributed by atoms with Crippen LogP contribution in [0.4, 0.5) is 0 Å². The molecule has 1 fully saturated rings. The van der Waals surface area contributed by atoms with Crippen LogP contribution in [0, 0.1) is 29.6 Å². The van der Waals surface area contributed by atoms with Gasteiger partial charge in [-0.2, -0.15) is 0 Å².